The van der Waals surface area contributed by atoms with Crippen LogP contribution < -0.4 is 10.2 Å². The Kier molecular flexibility index (Phi) is 4.90. The van der Waals surface area contributed by atoms with Crippen LogP contribution in [-0.2, 0) is 11.2 Å². The number of hydrogen-bond donors (Lipinski definition) is 1. The van der Waals surface area contributed by atoms with E-state index in [0.29, 0.717) is 0 Å². The normalized spacial score (nSPS) is 19.8. The SMILES string of the molecule is CCCc1cnc(N(C)CC2CNCCO2)nc1. The number of likely N-dealkylation sites (N-methyl/N-ethyl adjacent to an activating group) is 1. The highest BCUT2D eigenvalue weighted by Gasteiger charge is 2.16. The van der Waals surface area contributed by atoms with Crippen molar-refractivity contribution in [2.75, 3.05) is 38.2 Å². The zero-order valence-corrected chi connectivity index (χ0v) is 11.2. The van der Waals surface area contributed by atoms with Crippen molar-refractivity contribution < 1.29 is 4.74 Å². The summed E-state index contributed by atoms with van der Waals surface area (Å²) < 4.78 is 5.67. The average molecular weight is 250 g/mol. The van der Waals surface area contributed by atoms with Gasteiger partial charge < -0.3 is 15.0 Å². The molecule has 1 aromatic rings. The van der Waals surface area contributed by atoms with Gasteiger partial charge in [-0.1, -0.05) is 13.3 Å². The Morgan fingerprint density at radius 3 is 2.83 bits per heavy atom. The number of morpholine rings is 1. The Labute approximate surface area is 109 Å². The number of aryl methyl sites for hydroxylation is 1. The zero-order chi connectivity index (χ0) is 12.8. The van der Waals surface area contributed by atoms with E-state index >= 15 is 0 Å². The topological polar surface area (TPSA) is 50.3 Å². The fraction of sp³-hybridized carbons (Fsp3) is 0.692. The molecule has 0 aliphatic carbocycles. The summed E-state index contributed by atoms with van der Waals surface area (Å²) in [4.78, 5) is 10.9. The van der Waals surface area contributed by atoms with Crippen LogP contribution in [-0.4, -0.2) is 49.4 Å². The lowest BCUT2D eigenvalue weighted by Crippen LogP contribution is -2.44. The summed E-state index contributed by atoms with van der Waals surface area (Å²) in [7, 11) is 2.01. The maximum absolute atomic E-state index is 5.67. The number of anilines is 1. The van der Waals surface area contributed by atoms with Crippen LogP contribution in [0.1, 0.15) is 18.9 Å². The molecule has 18 heavy (non-hydrogen) atoms. The Morgan fingerprint density at radius 1 is 1.44 bits per heavy atom. The summed E-state index contributed by atoms with van der Waals surface area (Å²) in [5.41, 5.74) is 1.20. The molecule has 1 unspecified atom stereocenters. The number of nitrogens with zero attached hydrogens (tertiary/aromatic N) is 3. The first kappa shape index (κ1) is 13.2. The van der Waals surface area contributed by atoms with Crippen molar-refractivity contribution in [1.29, 1.82) is 0 Å². The number of nitrogens with one attached hydrogen (secondary N) is 1. The van der Waals surface area contributed by atoms with E-state index in [9.17, 15) is 0 Å². The summed E-state index contributed by atoms with van der Waals surface area (Å²) in [5, 5.41) is 3.33. The van der Waals surface area contributed by atoms with Gasteiger partial charge in [-0.2, -0.15) is 0 Å². The molecule has 0 saturated carbocycles. The number of ether oxygens (including phenoxy) is 1. The summed E-state index contributed by atoms with van der Waals surface area (Å²) in [5.74, 6) is 0.768. The lowest BCUT2D eigenvalue weighted by Gasteiger charge is -2.28. The van der Waals surface area contributed by atoms with Crippen LogP contribution >= 0.6 is 0 Å². The van der Waals surface area contributed by atoms with Gasteiger partial charge in [0.15, 0.2) is 0 Å². The van der Waals surface area contributed by atoms with Crippen LogP contribution in [0.2, 0.25) is 0 Å². The molecule has 0 radical (unpaired) electrons. The highest BCUT2D eigenvalue weighted by molar-refractivity contribution is 5.28. The monoisotopic (exact) mass is 250 g/mol. The molecule has 1 aliphatic rings. The molecule has 0 amide bonds. The van der Waals surface area contributed by atoms with E-state index in [-0.39, 0.29) is 6.10 Å². The molecule has 1 atom stereocenters. The molecule has 1 fully saturated rings. The van der Waals surface area contributed by atoms with Crippen molar-refractivity contribution in [1.82, 2.24) is 15.3 Å². The molecule has 5 heteroatoms. The smallest absolute Gasteiger partial charge is 0.225 e. The van der Waals surface area contributed by atoms with Gasteiger partial charge in [0, 0.05) is 39.1 Å². The Hall–Kier alpha value is -1.20. The predicted molar refractivity (Wildman–Crippen MR) is 71.9 cm³/mol. The van der Waals surface area contributed by atoms with Crippen molar-refractivity contribution in [2.24, 2.45) is 0 Å². The van der Waals surface area contributed by atoms with Gasteiger partial charge in [0.2, 0.25) is 5.95 Å². The van der Waals surface area contributed by atoms with Gasteiger partial charge >= 0.3 is 0 Å². The summed E-state index contributed by atoms with van der Waals surface area (Å²) in [6, 6.07) is 0. The standard InChI is InChI=1S/C13H22N4O/c1-3-4-11-7-15-13(16-8-11)17(2)10-12-9-14-5-6-18-12/h7-8,12,14H,3-6,9-10H2,1-2H3. The van der Waals surface area contributed by atoms with Crippen LogP contribution in [0, 0.1) is 0 Å². The van der Waals surface area contributed by atoms with Crippen molar-refractivity contribution in [2.45, 2.75) is 25.9 Å². The highest BCUT2D eigenvalue weighted by atomic mass is 16.5. The third kappa shape index (κ3) is 3.65. The third-order valence-corrected chi connectivity index (χ3v) is 3.05. The minimum absolute atomic E-state index is 0.225. The van der Waals surface area contributed by atoms with E-state index in [1.165, 1.54) is 5.56 Å². The number of hydrogen-bond acceptors (Lipinski definition) is 5. The van der Waals surface area contributed by atoms with E-state index in [0.717, 1.165) is 45.0 Å². The molecular formula is C13H22N4O. The first-order valence-electron chi connectivity index (χ1n) is 6.64. The fourth-order valence-corrected chi connectivity index (χ4v) is 2.09. The molecule has 0 spiro atoms. The van der Waals surface area contributed by atoms with Crippen molar-refractivity contribution >= 4 is 5.95 Å². The Bertz CT molecular complexity index is 349. The first-order chi connectivity index (χ1) is 8.79. The van der Waals surface area contributed by atoms with Crippen LogP contribution in [0.4, 0.5) is 5.95 Å². The molecular weight excluding hydrogens is 228 g/mol. The minimum atomic E-state index is 0.225. The van der Waals surface area contributed by atoms with Gasteiger partial charge in [0.25, 0.3) is 0 Å². The molecule has 1 saturated heterocycles. The van der Waals surface area contributed by atoms with E-state index in [2.05, 4.69) is 22.2 Å². The Balaban J connectivity index is 1.89. The molecule has 2 heterocycles. The predicted octanol–water partition coefficient (Wildman–Crippen LogP) is 0.854. The maximum Gasteiger partial charge on any atom is 0.225 e. The summed E-state index contributed by atoms with van der Waals surface area (Å²) in [6.07, 6.45) is 6.23. The lowest BCUT2D eigenvalue weighted by atomic mass is 10.2. The van der Waals surface area contributed by atoms with Crippen LogP contribution in [0.5, 0.6) is 0 Å². The van der Waals surface area contributed by atoms with Gasteiger partial charge in [-0.05, 0) is 12.0 Å². The van der Waals surface area contributed by atoms with Crippen LogP contribution in [0.15, 0.2) is 12.4 Å². The third-order valence-electron chi connectivity index (χ3n) is 3.05. The highest BCUT2D eigenvalue weighted by Crippen LogP contribution is 2.08. The molecule has 1 aromatic heterocycles. The van der Waals surface area contributed by atoms with Gasteiger partial charge in [-0.25, -0.2) is 9.97 Å². The fourth-order valence-electron chi connectivity index (χ4n) is 2.09. The molecule has 100 valence electrons. The number of rotatable bonds is 5. The molecule has 5 nitrogen and oxygen atoms in total. The molecule has 0 bridgehead atoms. The van der Waals surface area contributed by atoms with E-state index in [4.69, 9.17) is 4.74 Å². The van der Waals surface area contributed by atoms with Crippen LogP contribution in [0.3, 0.4) is 0 Å². The second-order valence-corrected chi connectivity index (χ2v) is 4.72. The average Bonchev–Trinajstić information content (AvgIpc) is 2.41. The van der Waals surface area contributed by atoms with Gasteiger partial charge in [0.05, 0.1) is 12.7 Å². The second kappa shape index (κ2) is 6.66. The van der Waals surface area contributed by atoms with Gasteiger partial charge in [0.1, 0.15) is 0 Å². The van der Waals surface area contributed by atoms with E-state index in [1.807, 2.05) is 24.3 Å². The molecule has 1 N–H and O–H groups in total. The maximum atomic E-state index is 5.67. The quantitative estimate of drug-likeness (QED) is 0.840. The van der Waals surface area contributed by atoms with Crippen LogP contribution in [0.25, 0.3) is 0 Å². The van der Waals surface area contributed by atoms with Gasteiger partial charge in [-0.3, -0.25) is 0 Å². The minimum Gasteiger partial charge on any atom is -0.374 e. The second-order valence-electron chi connectivity index (χ2n) is 4.72. The van der Waals surface area contributed by atoms with Crippen molar-refractivity contribution in [3.05, 3.63) is 18.0 Å². The first-order valence-corrected chi connectivity index (χ1v) is 6.64. The number of aromatic nitrogens is 2. The largest absolute Gasteiger partial charge is 0.374 e. The zero-order valence-electron chi connectivity index (χ0n) is 11.2. The van der Waals surface area contributed by atoms with E-state index in [1.54, 1.807) is 0 Å². The molecule has 1 aliphatic heterocycles. The van der Waals surface area contributed by atoms with Gasteiger partial charge in [-0.15, -0.1) is 0 Å². The Morgan fingerprint density at radius 2 is 2.22 bits per heavy atom. The summed E-state index contributed by atoms with van der Waals surface area (Å²) in [6.45, 7) is 5.61. The lowest BCUT2D eigenvalue weighted by molar-refractivity contribution is 0.0338. The van der Waals surface area contributed by atoms with E-state index < -0.39 is 0 Å². The molecule has 0 aromatic carbocycles. The summed E-state index contributed by atoms with van der Waals surface area (Å²) >= 11 is 0. The van der Waals surface area contributed by atoms with Crippen molar-refractivity contribution in [3.63, 3.8) is 0 Å². The van der Waals surface area contributed by atoms with Crippen molar-refractivity contribution in [3.8, 4) is 0 Å². The molecule has 2 rings (SSSR count).